The Balaban J connectivity index is 2.07. The highest BCUT2D eigenvalue weighted by Crippen LogP contribution is 2.16. The van der Waals surface area contributed by atoms with Crippen LogP contribution in [0.4, 0.5) is 5.69 Å². The van der Waals surface area contributed by atoms with Crippen LogP contribution in [0.2, 0.25) is 0 Å². The molecule has 25 heavy (non-hydrogen) atoms. The van der Waals surface area contributed by atoms with Gasteiger partial charge in [-0.1, -0.05) is 29.8 Å². The number of anilines is 1. The van der Waals surface area contributed by atoms with Gasteiger partial charge in [0.25, 0.3) is 5.91 Å². The first-order valence-electron chi connectivity index (χ1n) is 7.92. The van der Waals surface area contributed by atoms with E-state index in [2.05, 4.69) is 26.6 Å². The van der Waals surface area contributed by atoms with E-state index >= 15 is 0 Å². The van der Waals surface area contributed by atoms with Gasteiger partial charge < -0.3 is 15.4 Å². The molecule has 2 aromatic rings. The minimum atomic E-state index is -0.641. The summed E-state index contributed by atoms with van der Waals surface area (Å²) in [4.78, 5) is 25.0. The minimum absolute atomic E-state index is 0.0577. The summed E-state index contributed by atoms with van der Waals surface area (Å²) in [7, 11) is 1.57. The molecule has 0 spiro atoms. The van der Waals surface area contributed by atoms with Gasteiger partial charge in [0, 0.05) is 15.7 Å². The lowest BCUT2D eigenvalue weighted by Crippen LogP contribution is -2.47. The van der Waals surface area contributed by atoms with Crippen molar-refractivity contribution in [2.75, 3.05) is 12.4 Å². The molecule has 0 aromatic heterocycles. The maximum atomic E-state index is 12.5. The third-order valence-electron chi connectivity index (χ3n) is 3.70. The minimum Gasteiger partial charge on any atom is -0.497 e. The van der Waals surface area contributed by atoms with Crippen molar-refractivity contribution in [3.63, 3.8) is 0 Å². The average Bonchev–Trinajstić information content (AvgIpc) is 2.61. The van der Waals surface area contributed by atoms with Crippen LogP contribution in [0, 0.1) is 5.92 Å². The number of benzene rings is 2. The quantitative estimate of drug-likeness (QED) is 0.767. The Hall–Kier alpha value is -2.34. The summed E-state index contributed by atoms with van der Waals surface area (Å²) in [6.07, 6.45) is 0. The number of halogens is 1. The lowest BCUT2D eigenvalue weighted by Gasteiger charge is -2.22. The van der Waals surface area contributed by atoms with E-state index in [1.165, 1.54) is 0 Å². The molecule has 0 aliphatic heterocycles. The number of nitrogens with one attached hydrogen (secondary N) is 2. The average molecular weight is 405 g/mol. The number of ether oxygens (including phenoxy) is 1. The molecular formula is C19H21BrN2O3. The van der Waals surface area contributed by atoms with Crippen LogP contribution < -0.4 is 15.4 Å². The third-order valence-corrected chi connectivity index (χ3v) is 4.23. The summed E-state index contributed by atoms with van der Waals surface area (Å²) in [5.74, 6) is 0.0640. The molecule has 0 radical (unpaired) electrons. The van der Waals surface area contributed by atoms with Crippen molar-refractivity contribution >= 4 is 33.4 Å². The molecule has 2 rings (SSSR count). The number of carbonyl (C=O) groups excluding carboxylic acids is 2. The molecule has 0 aliphatic rings. The topological polar surface area (TPSA) is 67.4 Å². The van der Waals surface area contributed by atoms with Gasteiger partial charge in [0.15, 0.2) is 0 Å². The van der Waals surface area contributed by atoms with Crippen molar-refractivity contribution in [2.45, 2.75) is 19.9 Å². The monoisotopic (exact) mass is 404 g/mol. The Morgan fingerprint density at radius 3 is 2.12 bits per heavy atom. The van der Waals surface area contributed by atoms with E-state index in [0.717, 1.165) is 4.47 Å². The number of hydrogen-bond donors (Lipinski definition) is 2. The van der Waals surface area contributed by atoms with Crippen molar-refractivity contribution in [1.29, 1.82) is 0 Å². The van der Waals surface area contributed by atoms with Crippen LogP contribution in [0.3, 0.4) is 0 Å². The van der Waals surface area contributed by atoms with Crippen LogP contribution in [0.25, 0.3) is 0 Å². The highest BCUT2D eigenvalue weighted by atomic mass is 79.9. The van der Waals surface area contributed by atoms with E-state index in [-0.39, 0.29) is 17.7 Å². The summed E-state index contributed by atoms with van der Waals surface area (Å²) >= 11 is 3.35. The first-order chi connectivity index (χ1) is 11.9. The predicted octanol–water partition coefficient (Wildman–Crippen LogP) is 3.85. The number of hydrogen-bond acceptors (Lipinski definition) is 3. The molecule has 5 nitrogen and oxygen atoms in total. The van der Waals surface area contributed by atoms with Crippen molar-refractivity contribution in [3.8, 4) is 5.75 Å². The molecule has 0 fully saturated rings. The highest BCUT2D eigenvalue weighted by Gasteiger charge is 2.24. The van der Waals surface area contributed by atoms with Crippen LogP contribution in [0.5, 0.6) is 5.75 Å². The third kappa shape index (κ3) is 5.32. The van der Waals surface area contributed by atoms with Crippen LogP contribution in [0.15, 0.2) is 53.0 Å². The second kappa shape index (κ2) is 8.67. The Kier molecular flexibility index (Phi) is 6.58. The van der Waals surface area contributed by atoms with E-state index in [4.69, 9.17) is 4.74 Å². The Morgan fingerprint density at radius 1 is 1.00 bits per heavy atom. The molecule has 0 saturated carbocycles. The van der Waals surface area contributed by atoms with Gasteiger partial charge in [0.2, 0.25) is 5.91 Å². The summed E-state index contributed by atoms with van der Waals surface area (Å²) in [6, 6.07) is 13.4. The molecule has 1 atom stereocenters. The maximum Gasteiger partial charge on any atom is 0.251 e. The van der Waals surface area contributed by atoms with Crippen LogP contribution in [0.1, 0.15) is 24.2 Å². The lowest BCUT2D eigenvalue weighted by atomic mass is 10.0. The molecule has 0 bridgehead atoms. The Morgan fingerprint density at radius 2 is 1.60 bits per heavy atom. The smallest absolute Gasteiger partial charge is 0.251 e. The Labute approximate surface area is 155 Å². The molecule has 6 heteroatoms. The van der Waals surface area contributed by atoms with Gasteiger partial charge in [0.1, 0.15) is 11.8 Å². The van der Waals surface area contributed by atoms with Gasteiger partial charge in [-0.25, -0.2) is 0 Å². The molecule has 0 heterocycles. The van der Waals surface area contributed by atoms with Crippen molar-refractivity contribution < 1.29 is 14.3 Å². The fourth-order valence-electron chi connectivity index (χ4n) is 2.26. The number of rotatable bonds is 6. The molecule has 0 saturated heterocycles. The summed E-state index contributed by atoms with van der Waals surface area (Å²) < 4.78 is 6.01. The van der Waals surface area contributed by atoms with E-state index < -0.39 is 6.04 Å². The summed E-state index contributed by atoms with van der Waals surface area (Å²) in [6.45, 7) is 3.78. The maximum absolute atomic E-state index is 12.5. The number of methoxy groups -OCH3 is 1. The van der Waals surface area contributed by atoms with Crippen molar-refractivity contribution in [2.24, 2.45) is 5.92 Å². The van der Waals surface area contributed by atoms with Gasteiger partial charge in [-0.05, 0) is 54.4 Å². The Bertz CT molecular complexity index is 727. The summed E-state index contributed by atoms with van der Waals surface area (Å²) in [5, 5.41) is 5.63. The van der Waals surface area contributed by atoms with E-state index in [0.29, 0.717) is 17.0 Å². The largest absolute Gasteiger partial charge is 0.497 e. The van der Waals surface area contributed by atoms with Crippen molar-refractivity contribution in [1.82, 2.24) is 5.32 Å². The molecule has 2 aromatic carbocycles. The van der Waals surface area contributed by atoms with Crippen LogP contribution >= 0.6 is 15.9 Å². The second-order valence-electron chi connectivity index (χ2n) is 5.92. The van der Waals surface area contributed by atoms with E-state index in [1.807, 2.05) is 26.0 Å². The van der Waals surface area contributed by atoms with Gasteiger partial charge in [-0.2, -0.15) is 0 Å². The number of carbonyl (C=O) groups is 2. The first kappa shape index (κ1) is 19.0. The molecule has 2 amide bonds. The zero-order chi connectivity index (χ0) is 18.4. The van der Waals surface area contributed by atoms with Gasteiger partial charge in [-0.15, -0.1) is 0 Å². The highest BCUT2D eigenvalue weighted by molar-refractivity contribution is 9.10. The molecular weight excluding hydrogens is 384 g/mol. The standard InChI is InChI=1S/C19H21BrN2O3/c1-12(2)17(19(24)21-15-8-6-14(20)7-9-15)22-18(23)13-4-10-16(25-3)11-5-13/h4-12,17H,1-3H3,(H,21,24)(H,22,23). The van der Waals surface area contributed by atoms with Gasteiger partial charge >= 0.3 is 0 Å². The second-order valence-corrected chi connectivity index (χ2v) is 6.84. The molecule has 2 N–H and O–H groups in total. The lowest BCUT2D eigenvalue weighted by molar-refractivity contribution is -0.118. The number of amides is 2. The van der Waals surface area contributed by atoms with Gasteiger partial charge in [-0.3, -0.25) is 9.59 Å². The SMILES string of the molecule is COc1ccc(C(=O)NC(C(=O)Nc2ccc(Br)cc2)C(C)C)cc1. The van der Waals surface area contributed by atoms with Gasteiger partial charge in [0.05, 0.1) is 7.11 Å². The fraction of sp³-hybridized carbons (Fsp3) is 0.263. The zero-order valence-corrected chi connectivity index (χ0v) is 16.0. The van der Waals surface area contributed by atoms with E-state index in [9.17, 15) is 9.59 Å². The molecule has 0 aliphatic carbocycles. The predicted molar refractivity (Wildman–Crippen MR) is 102 cm³/mol. The van der Waals surface area contributed by atoms with Crippen molar-refractivity contribution in [3.05, 3.63) is 58.6 Å². The zero-order valence-electron chi connectivity index (χ0n) is 14.4. The summed E-state index contributed by atoms with van der Waals surface area (Å²) in [5.41, 5.74) is 1.15. The fourth-order valence-corrected chi connectivity index (χ4v) is 2.52. The van der Waals surface area contributed by atoms with Crippen LogP contribution in [-0.4, -0.2) is 25.0 Å². The first-order valence-corrected chi connectivity index (χ1v) is 8.71. The molecule has 1 unspecified atom stereocenters. The van der Waals surface area contributed by atoms with Crippen LogP contribution in [-0.2, 0) is 4.79 Å². The molecule has 132 valence electrons. The normalized spacial score (nSPS) is 11.7. The van der Waals surface area contributed by atoms with E-state index in [1.54, 1.807) is 43.5 Å².